The van der Waals surface area contributed by atoms with E-state index in [0.29, 0.717) is 22.6 Å². The lowest BCUT2D eigenvalue weighted by Gasteiger charge is -2.12. The van der Waals surface area contributed by atoms with Gasteiger partial charge in [-0.05, 0) is 18.6 Å². The summed E-state index contributed by atoms with van der Waals surface area (Å²) in [4.78, 5) is 31.2. The Morgan fingerprint density at radius 1 is 1.00 bits per heavy atom. The minimum Gasteiger partial charge on any atom is -0.292 e. The van der Waals surface area contributed by atoms with Crippen LogP contribution in [0, 0.1) is 0 Å². The Morgan fingerprint density at radius 3 is 2.48 bits per heavy atom. The van der Waals surface area contributed by atoms with Crippen LogP contribution in [-0.4, -0.2) is 9.55 Å². The van der Waals surface area contributed by atoms with E-state index in [2.05, 4.69) is 0 Å². The maximum atomic E-state index is 13.1. The normalized spacial score (nSPS) is 11.2. The molecule has 5 heteroatoms. The summed E-state index contributed by atoms with van der Waals surface area (Å²) in [5.74, 6) is 0.617. The third-order valence-corrected chi connectivity index (χ3v) is 5.25. The number of aromatic nitrogens is 2. The number of fused-ring (bicyclic) bond motifs is 2. The Morgan fingerprint density at radius 2 is 1.72 bits per heavy atom. The second kappa shape index (κ2) is 6.26. The molecule has 0 N–H and O–H groups in total. The van der Waals surface area contributed by atoms with Crippen LogP contribution in [-0.2, 0) is 6.54 Å². The van der Waals surface area contributed by atoms with E-state index < -0.39 is 0 Å². The third kappa shape index (κ3) is 2.57. The Hall–Kier alpha value is -2.79. The van der Waals surface area contributed by atoms with Crippen LogP contribution >= 0.6 is 11.3 Å². The average Bonchev–Trinajstić information content (AvgIpc) is 2.64. The highest BCUT2D eigenvalue weighted by Gasteiger charge is 2.16. The van der Waals surface area contributed by atoms with Crippen molar-refractivity contribution in [3.05, 3.63) is 75.2 Å². The van der Waals surface area contributed by atoms with Crippen molar-refractivity contribution in [2.24, 2.45) is 0 Å². The number of hydrogen-bond donors (Lipinski definition) is 0. The lowest BCUT2D eigenvalue weighted by molar-refractivity contribution is 0.656. The van der Waals surface area contributed by atoms with Crippen molar-refractivity contribution in [3.8, 4) is 11.4 Å². The molecule has 2 aromatic carbocycles. The first-order valence-corrected chi connectivity index (χ1v) is 9.04. The van der Waals surface area contributed by atoms with Gasteiger partial charge in [0, 0.05) is 22.2 Å². The number of benzene rings is 2. The zero-order valence-corrected chi connectivity index (χ0v) is 14.5. The molecule has 2 aromatic heterocycles. The first-order chi connectivity index (χ1) is 12.2. The fourth-order valence-electron chi connectivity index (χ4n) is 3.02. The molecule has 0 spiro atoms. The van der Waals surface area contributed by atoms with Crippen molar-refractivity contribution in [1.82, 2.24) is 9.55 Å². The highest BCUT2D eigenvalue weighted by Crippen LogP contribution is 2.24. The van der Waals surface area contributed by atoms with Gasteiger partial charge in [0.15, 0.2) is 0 Å². The van der Waals surface area contributed by atoms with E-state index in [1.165, 1.54) is 11.3 Å². The Balaban J connectivity index is 2.17. The second-order valence-electron chi connectivity index (χ2n) is 5.87. The van der Waals surface area contributed by atoms with Crippen molar-refractivity contribution in [3.63, 3.8) is 0 Å². The van der Waals surface area contributed by atoms with Crippen LogP contribution in [0.2, 0.25) is 0 Å². The molecule has 2 heterocycles. The highest BCUT2D eigenvalue weighted by molar-refractivity contribution is 7.24. The predicted octanol–water partition coefficient (Wildman–Crippen LogP) is 4.05. The molecule has 0 atom stereocenters. The van der Waals surface area contributed by atoms with E-state index in [4.69, 9.17) is 4.98 Å². The van der Waals surface area contributed by atoms with Gasteiger partial charge in [0.05, 0.1) is 0 Å². The van der Waals surface area contributed by atoms with Crippen LogP contribution in [0.15, 0.2) is 64.2 Å². The zero-order valence-electron chi connectivity index (χ0n) is 13.7. The molecule has 4 aromatic rings. The first-order valence-electron chi connectivity index (χ1n) is 8.22. The molecule has 124 valence electrons. The van der Waals surface area contributed by atoms with Crippen LogP contribution in [0.1, 0.15) is 13.3 Å². The molecule has 0 aliphatic carbocycles. The van der Waals surface area contributed by atoms with Gasteiger partial charge in [-0.3, -0.25) is 14.2 Å². The summed E-state index contributed by atoms with van der Waals surface area (Å²) in [6.07, 6.45) is 0.790. The van der Waals surface area contributed by atoms with E-state index in [9.17, 15) is 9.59 Å². The van der Waals surface area contributed by atoms with Crippen molar-refractivity contribution in [2.45, 2.75) is 19.9 Å². The molecule has 4 rings (SSSR count). The molecule has 0 aliphatic heterocycles. The van der Waals surface area contributed by atoms with Crippen molar-refractivity contribution in [2.75, 3.05) is 0 Å². The Kier molecular flexibility index (Phi) is 3.93. The minimum atomic E-state index is -0.252. The average molecular weight is 348 g/mol. The summed E-state index contributed by atoms with van der Waals surface area (Å²) < 4.78 is 2.47. The second-order valence-corrected chi connectivity index (χ2v) is 6.90. The summed E-state index contributed by atoms with van der Waals surface area (Å²) in [5, 5.41) is 0.770. The lowest BCUT2D eigenvalue weighted by Crippen LogP contribution is -2.27. The van der Waals surface area contributed by atoms with Crippen LogP contribution in [0.25, 0.3) is 31.7 Å². The molecule has 25 heavy (non-hydrogen) atoms. The lowest BCUT2D eigenvalue weighted by atomic mass is 10.2. The SMILES string of the molecule is CCCn1c(-c2ccccc2)nc2sc3ccccc3c(=O)c2c1=O. The largest absolute Gasteiger partial charge is 0.292 e. The fourth-order valence-corrected chi connectivity index (χ4v) is 4.06. The smallest absolute Gasteiger partial charge is 0.266 e. The molecule has 0 saturated heterocycles. The monoisotopic (exact) mass is 348 g/mol. The summed E-state index contributed by atoms with van der Waals surface area (Å²) in [6, 6.07) is 17.0. The number of rotatable bonds is 3. The summed E-state index contributed by atoms with van der Waals surface area (Å²) in [6.45, 7) is 2.54. The van der Waals surface area contributed by atoms with Gasteiger partial charge in [-0.1, -0.05) is 49.4 Å². The third-order valence-electron chi connectivity index (χ3n) is 4.18. The maximum absolute atomic E-state index is 13.1. The molecule has 0 saturated carbocycles. The van der Waals surface area contributed by atoms with Crippen LogP contribution < -0.4 is 11.0 Å². The molecule has 4 nitrogen and oxygen atoms in total. The topological polar surface area (TPSA) is 52.0 Å². The number of nitrogens with zero attached hydrogens (tertiary/aromatic N) is 2. The Labute approximate surface area is 148 Å². The molecular weight excluding hydrogens is 332 g/mol. The van der Waals surface area contributed by atoms with Gasteiger partial charge in [-0.2, -0.15) is 0 Å². The van der Waals surface area contributed by atoms with Crippen molar-refractivity contribution in [1.29, 1.82) is 0 Å². The molecule has 0 amide bonds. The quantitative estimate of drug-likeness (QED) is 0.525. The van der Waals surface area contributed by atoms with Crippen LogP contribution in [0.4, 0.5) is 0 Å². The van der Waals surface area contributed by atoms with E-state index in [-0.39, 0.29) is 16.4 Å². The maximum Gasteiger partial charge on any atom is 0.266 e. The summed E-state index contributed by atoms with van der Waals surface area (Å²) in [5.41, 5.74) is 0.395. The van der Waals surface area contributed by atoms with Gasteiger partial charge in [0.2, 0.25) is 5.43 Å². The van der Waals surface area contributed by atoms with Crippen molar-refractivity contribution < 1.29 is 0 Å². The molecule has 0 aliphatic rings. The van der Waals surface area contributed by atoms with Crippen molar-refractivity contribution >= 4 is 31.6 Å². The summed E-state index contributed by atoms with van der Waals surface area (Å²) >= 11 is 1.39. The van der Waals surface area contributed by atoms with Gasteiger partial charge >= 0.3 is 0 Å². The standard InChI is InChI=1S/C20H16N2O2S/c1-2-12-22-18(13-8-4-3-5-9-13)21-19-16(20(22)24)17(23)14-10-6-7-11-15(14)25-19/h3-11H,2,12H2,1H3. The molecule has 0 fully saturated rings. The van der Waals surface area contributed by atoms with E-state index in [1.807, 2.05) is 55.5 Å². The summed E-state index contributed by atoms with van der Waals surface area (Å²) in [7, 11) is 0. The highest BCUT2D eigenvalue weighted by atomic mass is 32.1. The van der Waals surface area contributed by atoms with E-state index >= 15 is 0 Å². The molecule has 0 bridgehead atoms. The minimum absolute atomic E-state index is 0.192. The van der Waals surface area contributed by atoms with Gasteiger partial charge < -0.3 is 0 Å². The van der Waals surface area contributed by atoms with E-state index in [0.717, 1.165) is 16.7 Å². The van der Waals surface area contributed by atoms with Gasteiger partial charge in [0.1, 0.15) is 16.0 Å². The van der Waals surface area contributed by atoms with Crippen LogP contribution in [0.5, 0.6) is 0 Å². The Bertz CT molecular complexity index is 1190. The molecule has 0 radical (unpaired) electrons. The fraction of sp³-hybridized carbons (Fsp3) is 0.150. The van der Waals surface area contributed by atoms with E-state index in [1.54, 1.807) is 10.6 Å². The molecule has 0 unspecified atom stereocenters. The first kappa shape index (κ1) is 15.7. The molecular formula is C20H16N2O2S. The number of hydrogen-bond acceptors (Lipinski definition) is 4. The predicted molar refractivity (Wildman–Crippen MR) is 103 cm³/mol. The van der Waals surface area contributed by atoms with Gasteiger partial charge in [-0.15, -0.1) is 11.3 Å². The van der Waals surface area contributed by atoms with Gasteiger partial charge in [0.25, 0.3) is 5.56 Å². The van der Waals surface area contributed by atoms with Crippen LogP contribution in [0.3, 0.4) is 0 Å². The van der Waals surface area contributed by atoms with Gasteiger partial charge in [-0.25, -0.2) is 4.98 Å². The zero-order chi connectivity index (χ0) is 17.4.